The van der Waals surface area contributed by atoms with Gasteiger partial charge >= 0.3 is 0 Å². The molecule has 0 saturated carbocycles. The highest BCUT2D eigenvalue weighted by Gasteiger charge is 2.45. The lowest BCUT2D eigenvalue weighted by Crippen LogP contribution is -2.60. The van der Waals surface area contributed by atoms with Crippen LogP contribution < -0.4 is 36.5 Å². The van der Waals surface area contributed by atoms with Crippen molar-refractivity contribution in [3.8, 4) is 11.5 Å². The molecule has 20 heteroatoms. The second kappa shape index (κ2) is 20.5. The number of benzene rings is 2. The first-order valence-electron chi connectivity index (χ1n) is 20.9. The molecule has 0 aliphatic carbocycles. The molecule has 0 unspecified atom stereocenters. The Morgan fingerprint density at radius 1 is 0.921 bits per heavy atom. The first kappa shape index (κ1) is 46.6. The van der Waals surface area contributed by atoms with E-state index in [0.717, 1.165) is 19.3 Å². The van der Waals surface area contributed by atoms with Gasteiger partial charge < -0.3 is 71.1 Å². The number of nitrogens with one attached hydrogen (secondary N) is 4. The molecule has 10 N–H and O–H groups in total. The Morgan fingerprint density at radius 3 is 2.33 bits per heavy atom. The van der Waals surface area contributed by atoms with Gasteiger partial charge in [0.05, 0.1) is 42.2 Å². The molecular formula is C43H56N8O12. The monoisotopic (exact) mass is 876 g/mol. The lowest BCUT2D eigenvalue weighted by atomic mass is 9.99. The zero-order valence-electron chi connectivity index (χ0n) is 35.5. The number of aliphatic hydroxyl groups is 4. The number of ether oxygens (including phenoxy) is 3. The minimum Gasteiger partial charge on any atom is -0.490 e. The number of carbonyl (C=O) groups is 5. The standard InChI is InChI=1S/C43H56N8O12/c1-22(2)35(44)41(59)46-23(3)39(57)48-24-10-12-25(13-11-24)49-40(58)30-16-26(20-50(30)4)47-34(53)9-7-15-61-31-18-29-28(42(60)51-14-6-5-8-27(51)19-45-29)17-32(31)62-43-38(56)37(55)36(54)33(21-52)63-43/h10-13,16-20,22-23,27,33,35-38,43,52,54-56H,5-9,14-15,21,44H2,1-4H3,(H,46,59)(H,47,53)(H,48,57)(H,49,58)/t23-,27-,33+,35-,36-,37-,38+,43+/m0/s1. The topological polar surface area (TPSA) is 289 Å². The van der Waals surface area contributed by atoms with Crippen LogP contribution in [-0.2, 0) is 26.2 Å². The molecule has 6 rings (SSSR count). The smallest absolute Gasteiger partial charge is 0.272 e. The summed E-state index contributed by atoms with van der Waals surface area (Å²) in [4.78, 5) is 71.1. The molecule has 4 heterocycles. The molecule has 0 bridgehead atoms. The minimum atomic E-state index is -1.72. The van der Waals surface area contributed by atoms with Crippen LogP contribution in [0.3, 0.4) is 0 Å². The average molecular weight is 877 g/mol. The predicted octanol–water partition coefficient (Wildman–Crippen LogP) is 1.39. The number of hydrogen-bond acceptors (Lipinski definition) is 14. The second-order valence-electron chi connectivity index (χ2n) is 16.2. The van der Waals surface area contributed by atoms with Gasteiger partial charge in [-0.15, -0.1) is 0 Å². The number of aliphatic imine (C=N–C) groups is 1. The third kappa shape index (κ3) is 11.2. The number of fused-ring (bicyclic) bond motifs is 2. The molecule has 63 heavy (non-hydrogen) atoms. The molecule has 0 spiro atoms. The zero-order valence-corrected chi connectivity index (χ0v) is 35.5. The number of rotatable bonds is 16. The number of aryl methyl sites for hydroxylation is 1. The van der Waals surface area contributed by atoms with Crippen molar-refractivity contribution in [3.63, 3.8) is 0 Å². The van der Waals surface area contributed by atoms with Crippen LogP contribution in [0, 0.1) is 5.92 Å². The maximum atomic E-state index is 13.7. The second-order valence-corrected chi connectivity index (χ2v) is 16.2. The summed E-state index contributed by atoms with van der Waals surface area (Å²) in [5.74, 6) is -1.96. The molecule has 340 valence electrons. The fourth-order valence-corrected chi connectivity index (χ4v) is 7.27. The summed E-state index contributed by atoms with van der Waals surface area (Å²) in [6.45, 7) is 5.05. The van der Waals surface area contributed by atoms with E-state index in [2.05, 4.69) is 26.3 Å². The van der Waals surface area contributed by atoms with Gasteiger partial charge in [0.1, 0.15) is 36.2 Å². The van der Waals surface area contributed by atoms with Crippen molar-refractivity contribution in [2.24, 2.45) is 23.7 Å². The van der Waals surface area contributed by atoms with Crippen LogP contribution in [0.5, 0.6) is 11.5 Å². The molecule has 3 aromatic rings. The Hall–Kier alpha value is -5.90. The summed E-state index contributed by atoms with van der Waals surface area (Å²) < 4.78 is 19.1. The van der Waals surface area contributed by atoms with Gasteiger partial charge in [-0.25, -0.2) is 0 Å². The number of aliphatic hydroxyl groups excluding tert-OH is 4. The molecule has 3 aliphatic heterocycles. The van der Waals surface area contributed by atoms with E-state index in [9.17, 15) is 44.4 Å². The fourth-order valence-electron chi connectivity index (χ4n) is 7.27. The Morgan fingerprint density at radius 2 is 1.63 bits per heavy atom. The largest absolute Gasteiger partial charge is 0.490 e. The van der Waals surface area contributed by atoms with Crippen molar-refractivity contribution in [3.05, 3.63) is 59.9 Å². The molecule has 2 fully saturated rings. The van der Waals surface area contributed by atoms with E-state index < -0.39 is 67.1 Å². The molecule has 20 nitrogen and oxygen atoms in total. The van der Waals surface area contributed by atoms with Crippen LogP contribution in [0.15, 0.2) is 53.7 Å². The predicted molar refractivity (Wildman–Crippen MR) is 230 cm³/mol. The van der Waals surface area contributed by atoms with E-state index in [1.165, 1.54) is 18.2 Å². The van der Waals surface area contributed by atoms with Crippen molar-refractivity contribution in [1.82, 2.24) is 14.8 Å². The molecule has 3 aliphatic rings. The molecule has 0 radical (unpaired) electrons. The Labute approximate surface area is 363 Å². The van der Waals surface area contributed by atoms with Crippen LogP contribution >= 0.6 is 0 Å². The third-order valence-electron chi connectivity index (χ3n) is 11.1. The normalized spacial score (nSPS) is 22.8. The van der Waals surface area contributed by atoms with Gasteiger partial charge in [-0.2, -0.15) is 0 Å². The fraction of sp³-hybridized carbons (Fsp3) is 0.488. The molecular weight excluding hydrogens is 821 g/mol. The number of nitrogens with zero attached hydrogens (tertiary/aromatic N) is 3. The molecule has 1 aromatic heterocycles. The Kier molecular flexibility index (Phi) is 15.2. The highest BCUT2D eigenvalue weighted by molar-refractivity contribution is 6.05. The summed E-state index contributed by atoms with van der Waals surface area (Å²) in [7, 11) is 1.65. The van der Waals surface area contributed by atoms with Crippen LogP contribution in [0.1, 0.15) is 73.7 Å². The van der Waals surface area contributed by atoms with Gasteiger partial charge in [0.2, 0.25) is 24.0 Å². The van der Waals surface area contributed by atoms with Gasteiger partial charge in [-0.3, -0.25) is 29.0 Å². The highest BCUT2D eigenvalue weighted by Crippen LogP contribution is 2.40. The summed E-state index contributed by atoms with van der Waals surface area (Å²) >= 11 is 0. The minimum absolute atomic E-state index is 0.00281. The number of nitrogens with two attached hydrogens (primary N) is 1. The summed E-state index contributed by atoms with van der Waals surface area (Å²) in [6, 6.07) is 9.11. The molecule has 2 saturated heterocycles. The summed E-state index contributed by atoms with van der Waals surface area (Å²) in [5.41, 5.74) is 7.93. The number of hydrogen-bond donors (Lipinski definition) is 9. The van der Waals surface area contributed by atoms with Gasteiger partial charge in [0, 0.05) is 49.9 Å². The molecule has 8 atom stereocenters. The van der Waals surface area contributed by atoms with Crippen LogP contribution in [-0.4, -0.2) is 134 Å². The number of carbonyl (C=O) groups excluding carboxylic acids is 5. The number of amides is 5. The average Bonchev–Trinajstić information content (AvgIpc) is 3.57. The van der Waals surface area contributed by atoms with Gasteiger partial charge in [0.25, 0.3) is 11.8 Å². The van der Waals surface area contributed by atoms with Crippen molar-refractivity contribution in [2.75, 3.05) is 35.7 Å². The number of aromatic nitrogens is 1. The third-order valence-corrected chi connectivity index (χ3v) is 11.1. The van der Waals surface area contributed by atoms with Gasteiger partial charge in [-0.1, -0.05) is 13.8 Å². The Balaban J connectivity index is 1.03. The first-order chi connectivity index (χ1) is 30.0. The molecule has 5 amide bonds. The summed E-state index contributed by atoms with van der Waals surface area (Å²) in [6.07, 6.45) is -1.71. The van der Waals surface area contributed by atoms with Crippen molar-refractivity contribution in [2.45, 2.75) is 102 Å². The van der Waals surface area contributed by atoms with E-state index in [1.807, 2.05) is 13.8 Å². The van der Waals surface area contributed by atoms with Crippen LogP contribution in [0.2, 0.25) is 0 Å². The van der Waals surface area contributed by atoms with E-state index in [1.54, 1.807) is 60.1 Å². The maximum absolute atomic E-state index is 13.7. The maximum Gasteiger partial charge on any atom is 0.272 e. The quantitative estimate of drug-likeness (QED) is 0.0922. The number of piperidine rings is 1. The molecule has 2 aromatic carbocycles. The number of anilines is 3. The van der Waals surface area contributed by atoms with Gasteiger partial charge in [-0.05, 0) is 74.9 Å². The van der Waals surface area contributed by atoms with Crippen molar-refractivity contribution >= 4 is 58.5 Å². The van der Waals surface area contributed by atoms with Crippen molar-refractivity contribution in [1.29, 1.82) is 0 Å². The van der Waals surface area contributed by atoms with Gasteiger partial charge in [0.15, 0.2) is 11.5 Å². The lowest BCUT2D eigenvalue weighted by Gasteiger charge is -2.39. The first-order valence-corrected chi connectivity index (χ1v) is 20.9. The van der Waals surface area contributed by atoms with E-state index in [-0.39, 0.29) is 66.0 Å². The van der Waals surface area contributed by atoms with E-state index in [4.69, 9.17) is 19.9 Å². The summed E-state index contributed by atoms with van der Waals surface area (Å²) in [5, 5.41) is 51.9. The lowest BCUT2D eigenvalue weighted by molar-refractivity contribution is -0.277. The zero-order chi connectivity index (χ0) is 45.5. The van der Waals surface area contributed by atoms with E-state index >= 15 is 0 Å². The highest BCUT2D eigenvalue weighted by atomic mass is 16.7. The SMILES string of the molecule is CC(C)[C@H](N)C(=O)N[C@@H](C)C(=O)Nc1ccc(NC(=O)c2cc(NC(=O)CCCOc3cc4c(cc3O[C@@H]3O[C@H](CO)[C@H](O)[C@H](O)[C@H]3O)C(=O)N3CCCC[C@H]3C=N4)cn2C)cc1. The van der Waals surface area contributed by atoms with Crippen LogP contribution in [0.25, 0.3) is 0 Å². The van der Waals surface area contributed by atoms with E-state index in [0.29, 0.717) is 29.3 Å². The van der Waals surface area contributed by atoms with Crippen LogP contribution in [0.4, 0.5) is 22.7 Å². The Bertz CT molecular complexity index is 2180. The van der Waals surface area contributed by atoms with Crippen molar-refractivity contribution < 1.29 is 58.6 Å².